The average molecular weight is 996 g/mol. The van der Waals surface area contributed by atoms with E-state index in [4.69, 9.17) is 9.40 Å². The van der Waals surface area contributed by atoms with Crippen molar-refractivity contribution < 1.29 is 24.5 Å². The molecule has 311 valence electrons. The van der Waals surface area contributed by atoms with Gasteiger partial charge in [0.1, 0.15) is 5.58 Å². The number of hydrogen-bond acceptors (Lipinski definition) is 5. The molecule has 9 rings (SSSR count). The molecule has 1 radical (unpaired) electrons. The first-order valence-corrected chi connectivity index (χ1v) is 24.6. The quantitative estimate of drug-likeness (QED) is 0.106. The van der Waals surface area contributed by atoms with Gasteiger partial charge in [0, 0.05) is 37.4 Å². The molecule has 0 aliphatic carbocycles. The molecular weight excluding hydrogens is 943 g/mol. The fourth-order valence-electron chi connectivity index (χ4n) is 8.19. The molecule has 0 amide bonds. The molecule has 5 aromatic carbocycles. The van der Waals surface area contributed by atoms with Crippen molar-refractivity contribution >= 4 is 46.2 Å². The molecule has 0 aliphatic rings. The summed E-state index contributed by atoms with van der Waals surface area (Å²) in [6, 6.07) is 44.5. The van der Waals surface area contributed by atoms with E-state index in [1.165, 1.54) is 33.0 Å². The number of rotatable bonds is 9. The van der Waals surface area contributed by atoms with Crippen LogP contribution in [-0.2, 0) is 26.5 Å². The minimum atomic E-state index is -1.34. The molecule has 0 N–H and O–H groups in total. The summed E-state index contributed by atoms with van der Waals surface area (Å²) in [5.41, 5.74) is 13.8. The summed E-state index contributed by atoms with van der Waals surface area (Å²) >= 11 is 0. The van der Waals surface area contributed by atoms with Crippen LogP contribution in [0.4, 0.5) is 0 Å². The van der Waals surface area contributed by atoms with E-state index in [0.717, 1.165) is 67.7 Å². The van der Waals surface area contributed by atoms with Crippen LogP contribution in [-0.4, -0.2) is 32.8 Å². The first kappa shape index (κ1) is 43.6. The van der Waals surface area contributed by atoms with Gasteiger partial charge in [-0.3, -0.25) is 4.98 Å². The maximum Gasteiger partial charge on any atom is 0.120 e. The number of furan rings is 1. The Balaban J connectivity index is 0.000000226. The van der Waals surface area contributed by atoms with Crippen molar-refractivity contribution in [1.29, 1.82) is 0 Å². The van der Waals surface area contributed by atoms with Crippen LogP contribution in [0, 0.1) is 18.1 Å². The van der Waals surface area contributed by atoms with Crippen LogP contribution in [0.3, 0.4) is 0 Å². The van der Waals surface area contributed by atoms with E-state index in [-0.39, 0.29) is 31.9 Å². The van der Waals surface area contributed by atoms with E-state index in [1.807, 2.05) is 48.7 Å². The van der Waals surface area contributed by atoms with Crippen molar-refractivity contribution in [2.75, 3.05) is 0 Å². The molecule has 0 atom stereocenters. The molecule has 6 nitrogen and oxygen atoms in total. The van der Waals surface area contributed by atoms with Crippen molar-refractivity contribution in [3.05, 3.63) is 157 Å². The molecule has 0 saturated carbocycles. The van der Waals surface area contributed by atoms with Crippen LogP contribution in [0.5, 0.6) is 0 Å². The molecule has 0 unspecified atom stereocenters. The summed E-state index contributed by atoms with van der Waals surface area (Å²) < 4.78 is 8.69. The number of pyridine rings is 1. The van der Waals surface area contributed by atoms with E-state index < -0.39 is 8.07 Å². The van der Waals surface area contributed by atoms with Gasteiger partial charge < -0.3 is 14.0 Å². The number of imidazole rings is 1. The Hall–Kier alpha value is -5.53. The van der Waals surface area contributed by atoms with Crippen molar-refractivity contribution in [2.24, 2.45) is 5.92 Å². The van der Waals surface area contributed by atoms with Gasteiger partial charge in [-0.2, -0.15) is 10.2 Å². The van der Waals surface area contributed by atoms with Crippen molar-refractivity contribution in [1.82, 2.24) is 24.7 Å². The third kappa shape index (κ3) is 8.94. The Morgan fingerprint density at radius 3 is 2.05 bits per heavy atom. The molecule has 9 aromatic rings. The maximum atomic E-state index is 6.44. The largest absolute Gasteiger partial charge is 0.501 e. The van der Waals surface area contributed by atoms with Gasteiger partial charge in [-0.1, -0.05) is 132 Å². The summed E-state index contributed by atoms with van der Waals surface area (Å²) in [6.45, 7) is 20.7. The molecule has 0 aliphatic heterocycles. The number of benzene rings is 5. The van der Waals surface area contributed by atoms with Crippen LogP contribution >= 0.6 is 0 Å². The van der Waals surface area contributed by atoms with Gasteiger partial charge in [-0.25, -0.2) is 0 Å². The van der Waals surface area contributed by atoms with Crippen molar-refractivity contribution in [3.63, 3.8) is 0 Å². The zero-order chi connectivity index (χ0) is 42.1. The predicted octanol–water partition coefficient (Wildman–Crippen LogP) is 13.4. The van der Waals surface area contributed by atoms with Gasteiger partial charge in [-0.15, -0.1) is 54.1 Å². The third-order valence-corrected chi connectivity index (χ3v) is 13.2. The zero-order valence-electron chi connectivity index (χ0n) is 36.5. The first-order chi connectivity index (χ1) is 28.9. The van der Waals surface area contributed by atoms with Crippen LogP contribution in [0.25, 0.3) is 72.4 Å². The van der Waals surface area contributed by atoms with E-state index in [9.17, 15) is 0 Å². The minimum Gasteiger partial charge on any atom is -0.501 e. The molecule has 61 heavy (non-hydrogen) atoms. The molecule has 0 saturated heterocycles. The summed E-state index contributed by atoms with van der Waals surface area (Å²) in [5, 5.41) is 12.1. The first-order valence-electron chi connectivity index (χ1n) is 21.1. The second kappa shape index (κ2) is 18.2. The van der Waals surface area contributed by atoms with E-state index >= 15 is 0 Å². The average Bonchev–Trinajstić information content (AvgIpc) is 3.82. The number of hydrogen-bond donors (Lipinski definition) is 0. The van der Waals surface area contributed by atoms with Gasteiger partial charge in [0.05, 0.1) is 42.9 Å². The Bertz CT molecular complexity index is 2900. The molecule has 0 spiro atoms. The summed E-state index contributed by atoms with van der Waals surface area (Å²) in [5.74, 6) is 1.97. The standard InChI is InChI=1S/C35H29N4O.C18H24NSi.Ir/c1-21(2)28-17-24(23-11-6-5-7-12-23)18-29(22(3)4)33(28)39-31-20-37-36-19-30(31)38-35(39)27-15-10-14-26-25-13-8-9-16-32(25)40-34(26)27;1-14(2)11-16-12-17(15-9-7-6-8-10-15)19-13-18(16)20(3,4)5;/h5-14,16-22H,1-4H3;6-9,12-14H,11H2,1-5H3;/q2*-1;. The Morgan fingerprint density at radius 1 is 0.689 bits per heavy atom. The molecule has 4 heterocycles. The number of nitrogens with zero attached hydrogens (tertiary/aromatic N) is 5. The fraction of sp³-hybridized carbons (Fsp3) is 0.245. The van der Waals surface area contributed by atoms with Gasteiger partial charge >= 0.3 is 0 Å². The third-order valence-electron chi connectivity index (χ3n) is 11.1. The molecule has 8 heteroatoms. The van der Waals surface area contributed by atoms with Gasteiger partial charge in [-0.05, 0) is 75.5 Å². The van der Waals surface area contributed by atoms with E-state index in [0.29, 0.717) is 5.92 Å². The number of para-hydroxylation sites is 1. The molecule has 4 aromatic heterocycles. The summed E-state index contributed by atoms with van der Waals surface area (Å²) in [4.78, 5) is 9.82. The Morgan fingerprint density at radius 2 is 1.38 bits per heavy atom. The van der Waals surface area contributed by atoms with Crippen LogP contribution in [0.1, 0.15) is 70.1 Å². The van der Waals surface area contributed by atoms with Gasteiger partial charge in [0.25, 0.3) is 0 Å². The zero-order valence-corrected chi connectivity index (χ0v) is 39.9. The van der Waals surface area contributed by atoms with Crippen molar-refractivity contribution in [3.8, 4) is 39.5 Å². The fourth-order valence-corrected chi connectivity index (χ4v) is 9.78. The topological polar surface area (TPSA) is 69.6 Å². The maximum absolute atomic E-state index is 6.44. The Kier molecular flexibility index (Phi) is 13.0. The van der Waals surface area contributed by atoms with E-state index in [2.05, 4.69) is 166 Å². The predicted molar refractivity (Wildman–Crippen MR) is 252 cm³/mol. The smallest absolute Gasteiger partial charge is 0.120 e. The van der Waals surface area contributed by atoms with Crippen molar-refractivity contribution in [2.45, 2.75) is 79.4 Å². The summed E-state index contributed by atoms with van der Waals surface area (Å²) in [6.07, 6.45) is 6.78. The SMILES string of the molecule is CC(C)Cc1cc(-c2[c-]cccc2)ncc1[Si](C)(C)C.CC(C)c1cc(-c2ccccc2)cc(C(C)C)c1-n1c(-c2[c-]ccc3c2oc2ccccc23)nc2cnncc21.[Ir]. The number of fused-ring (bicyclic) bond motifs is 4. The molecular formula is C53H53IrN5OSi-2. The molecule has 0 bridgehead atoms. The summed E-state index contributed by atoms with van der Waals surface area (Å²) in [7, 11) is -1.34. The van der Waals surface area contributed by atoms with Crippen LogP contribution in [0.2, 0.25) is 19.6 Å². The van der Waals surface area contributed by atoms with Gasteiger partial charge in [0.15, 0.2) is 0 Å². The Labute approximate surface area is 374 Å². The number of aromatic nitrogens is 5. The van der Waals surface area contributed by atoms with Crippen LogP contribution < -0.4 is 5.19 Å². The molecule has 0 fully saturated rings. The van der Waals surface area contributed by atoms with E-state index in [1.54, 1.807) is 6.20 Å². The van der Waals surface area contributed by atoms with Gasteiger partial charge in [0.2, 0.25) is 0 Å². The second-order valence-electron chi connectivity index (χ2n) is 17.8. The normalized spacial score (nSPS) is 11.7. The second-order valence-corrected chi connectivity index (χ2v) is 22.8. The monoisotopic (exact) mass is 996 g/mol. The minimum absolute atomic E-state index is 0. The van der Waals surface area contributed by atoms with Crippen LogP contribution in [0.15, 0.2) is 132 Å².